The second-order valence-electron chi connectivity index (χ2n) is 8.23. The van der Waals surface area contributed by atoms with E-state index in [4.69, 9.17) is 15.0 Å². The van der Waals surface area contributed by atoms with Crippen LogP contribution in [0.2, 0.25) is 0 Å². The molecule has 1 aromatic carbocycles. The number of nitrogens with zero attached hydrogens (tertiary/aromatic N) is 3. The van der Waals surface area contributed by atoms with Crippen molar-refractivity contribution in [3.63, 3.8) is 0 Å². The van der Waals surface area contributed by atoms with E-state index in [2.05, 4.69) is 9.97 Å². The first kappa shape index (κ1) is 31.5. The molecular weight excluding hydrogens is 516 g/mol. The third-order valence-corrected chi connectivity index (χ3v) is 5.97. The first-order valence-corrected chi connectivity index (χ1v) is 12.6. The standard InChI is InChI=1S/C22H28FN3O6S.CHFO2/c1-13(2)20-18(10-9-16(27)11-17(28)12-19(29)30)21(14-5-7-15(23)8-6-14)25-22(24-20)26(3)33(4,31)32;2-1(3)4/h5-10,13,16-17,27-28H,11-12H2,1-4H3,(H,29,30);(H,3,4)/b10-9+;. The van der Waals surface area contributed by atoms with Crippen LogP contribution in [0, 0.1) is 5.82 Å². The predicted octanol–water partition coefficient (Wildman–Crippen LogP) is 3.04. The van der Waals surface area contributed by atoms with Gasteiger partial charge in [-0.3, -0.25) is 4.79 Å². The van der Waals surface area contributed by atoms with E-state index in [-0.39, 0.29) is 18.3 Å². The second-order valence-corrected chi connectivity index (χ2v) is 10.2. The van der Waals surface area contributed by atoms with Crippen LogP contribution >= 0.6 is 0 Å². The highest BCUT2D eigenvalue weighted by Crippen LogP contribution is 2.31. The van der Waals surface area contributed by atoms with Crippen LogP contribution in [0.25, 0.3) is 17.3 Å². The van der Waals surface area contributed by atoms with Crippen molar-refractivity contribution in [2.45, 2.75) is 44.8 Å². The Morgan fingerprint density at radius 2 is 1.65 bits per heavy atom. The Kier molecular flexibility index (Phi) is 11.7. The van der Waals surface area contributed by atoms with Crippen LogP contribution in [0.5, 0.6) is 0 Å². The van der Waals surface area contributed by atoms with Crippen LogP contribution in [0.15, 0.2) is 30.3 Å². The number of carboxylic acids is 1. The molecule has 1 aromatic heterocycles. The molecule has 14 heteroatoms. The van der Waals surface area contributed by atoms with Gasteiger partial charge < -0.3 is 20.4 Å². The molecule has 1 heterocycles. The van der Waals surface area contributed by atoms with E-state index in [1.165, 1.54) is 43.5 Å². The maximum absolute atomic E-state index is 13.5. The maximum Gasteiger partial charge on any atom is 0.492 e. The number of aliphatic carboxylic acids is 1. The Morgan fingerprint density at radius 1 is 1.11 bits per heavy atom. The van der Waals surface area contributed by atoms with Crippen molar-refractivity contribution in [3.05, 3.63) is 47.4 Å². The van der Waals surface area contributed by atoms with Crippen molar-refractivity contribution in [2.24, 2.45) is 0 Å². The third kappa shape index (κ3) is 10.6. The minimum atomic E-state index is -3.65. The Bertz CT molecular complexity index is 1220. The fourth-order valence-corrected chi connectivity index (χ4v) is 3.42. The largest absolute Gasteiger partial charge is 0.492 e. The molecule has 0 amide bonds. The minimum absolute atomic E-state index is 0.0601. The number of carboxylic acid groups (broad SMARTS) is 2. The van der Waals surface area contributed by atoms with Crippen LogP contribution in [0.1, 0.15) is 43.9 Å². The first-order valence-electron chi connectivity index (χ1n) is 10.8. The number of aliphatic hydroxyl groups is 2. The molecule has 0 aliphatic rings. The molecule has 2 aromatic rings. The van der Waals surface area contributed by atoms with E-state index >= 15 is 0 Å². The van der Waals surface area contributed by atoms with Gasteiger partial charge in [0.2, 0.25) is 16.0 Å². The molecule has 0 radical (unpaired) electrons. The van der Waals surface area contributed by atoms with E-state index in [1.807, 2.05) is 13.8 Å². The fourth-order valence-electron chi connectivity index (χ4n) is 3.05. The molecule has 0 saturated heterocycles. The summed E-state index contributed by atoms with van der Waals surface area (Å²) in [7, 11) is -2.33. The van der Waals surface area contributed by atoms with Gasteiger partial charge in [0.25, 0.3) is 0 Å². The highest BCUT2D eigenvalue weighted by molar-refractivity contribution is 7.92. The van der Waals surface area contributed by atoms with Crippen molar-refractivity contribution in [1.82, 2.24) is 9.97 Å². The van der Waals surface area contributed by atoms with Crippen molar-refractivity contribution in [2.75, 3.05) is 17.6 Å². The normalized spacial score (nSPS) is 13.1. The number of hydrogen-bond donors (Lipinski definition) is 4. The zero-order valence-electron chi connectivity index (χ0n) is 20.5. The van der Waals surface area contributed by atoms with Gasteiger partial charge in [0.1, 0.15) is 5.82 Å². The zero-order chi connectivity index (χ0) is 28.5. The number of halogens is 2. The van der Waals surface area contributed by atoms with E-state index < -0.39 is 46.7 Å². The van der Waals surface area contributed by atoms with Crippen molar-refractivity contribution < 1.29 is 47.2 Å². The molecule has 37 heavy (non-hydrogen) atoms. The lowest BCUT2D eigenvalue weighted by molar-refractivity contribution is -0.139. The Labute approximate surface area is 212 Å². The molecule has 204 valence electrons. The van der Waals surface area contributed by atoms with Crippen LogP contribution in [-0.4, -0.2) is 76.5 Å². The predicted molar refractivity (Wildman–Crippen MR) is 132 cm³/mol. The molecule has 11 nitrogen and oxygen atoms in total. The van der Waals surface area contributed by atoms with Gasteiger partial charge in [0.05, 0.1) is 36.3 Å². The van der Waals surface area contributed by atoms with Crippen LogP contribution in [-0.2, 0) is 14.8 Å². The van der Waals surface area contributed by atoms with Gasteiger partial charge in [0.15, 0.2) is 0 Å². The number of rotatable bonds is 10. The summed E-state index contributed by atoms with van der Waals surface area (Å²) in [5, 5.41) is 35.5. The number of aromatic nitrogens is 2. The topological polar surface area (TPSA) is 178 Å². The maximum atomic E-state index is 13.5. The summed E-state index contributed by atoms with van der Waals surface area (Å²) in [5.74, 6) is -1.87. The molecule has 2 rings (SSSR count). The van der Waals surface area contributed by atoms with Crippen LogP contribution in [0.4, 0.5) is 19.5 Å². The third-order valence-electron chi connectivity index (χ3n) is 4.82. The van der Waals surface area contributed by atoms with Crippen molar-refractivity contribution in [3.8, 4) is 11.3 Å². The lowest BCUT2D eigenvalue weighted by atomic mass is 9.97. The number of benzene rings is 1. The van der Waals surface area contributed by atoms with Gasteiger partial charge in [-0.1, -0.05) is 26.0 Å². The molecule has 2 atom stereocenters. The molecule has 0 aliphatic carbocycles. The lowest BCUT2D eigenvalue weighted by Gasteiger charge is -2.20. The zero-order valence-corrected chi connectivity index (χ0v) is 21.4. The highest BCUT2D eigenvalue weighted by atomic mass is 32.2. The molecule has 0 bridgehead atoms. The Morgan fingerprint density at radius 3 is 2.11 bits per heavy atom. The number of anilines is 1. The van der Waals surface area contributed by atoms with Gasteiger partial charge >= 0.3 is 12.2 Å². The monoisotopic (exact) mass is 545 g/mol. The average Bonchev–Trinajstić information content (AvgIpc) is 2.75. The number of carbonyl (C=O) groups is 2. The lowest BCUT2D eigenvalue weighted by Crippen LogP contribution is -2.27. The molecule has 0 spiro atoms. The van der Waals surface area contributed by atoms with Gasteiger partial charge in [-0.25, -0.2) is 31.9 Å². The van der Waals surface area contributed by atoms with Crippen molar-refractivity contribution in [1.29, 1.82) is 0 Å². The van der Waals surface area contributed by atoms with E-state index in [1.54, 1.807) is 0 Å². The molecular formula is C23H29F2N3O8S. The summed E-state index contributed by atoms with van der Waals surface area (Å²) in [5.41, 5.74) is 1.80. The fraction of sp³-hybridized carbons (Fsp3) is 0.391. The SMILES string of the molecule is CC(C)c1nc(N(C)S(C)(=O)=O)nc(-c2ccc(F)cc2)c1/C=C/C(O)CC(O)CC(=O)O.O=C(O)F. The van der Waals surface area contributed by atoms with Crippen LogP contribution < -0.4 is 4.31 Å². The summed E-state index contributed by atoms with van der Waals surface area (Å²) in [6, 6.07) is 5.49. The summed E-state index contributed by atoms with van der Waals surface area (Å²) in [6.07, 6.45) is -1.47. The summed E-state index contributed by atoms with van der Waals surface area (Å²) in [4.78, 5) is 27.9. The van der Waals surface area contributed by atoms with Crippen LogP contribution in [0.3, 0.4) is 0 Å². The molecule has 0 fully saturated rings. The van der Waals surface area contributed by atoms with Crippen molar-refractivity contribution >= 4 is 34.2 Å². The number of hydrogen-bond acceptors (Lipinski definition) is 8. The van der Waals surface area contributed by atoms with E-state index in [0.29, 0.717) is 22.5 Å². The van der Waals surface area contributed by atoms with E-state index in [9.17, 15) is 32.2 Å². The minimum Gasteiger partial charge on any atom is -0.481 e. The van der Waals surface area contributed by atoms with E-state index in [0.717, 1.165) is 10.6 Å². The van der Waals surface area contributed by atoms with Gasteiger partial charge in [0, 0.05) is 24.6 Å². The molecule has 4 N–H and O–H groups in total. The average molecular weight is 546 g/mol. The number of sulfonamides is 1. The Balaban J connectivity index is 0.00000159. The van der Waals surface area contributed by atoms with Gasteiger partial charge in [-0.15, -0.1) is 4.39 Å². The summed E-state index contributed by atoms with van der Waals surface area (Å²) >= 11 is 0. The summed E-state index contributed by atoms with van der Waals surface area (Å²) in [6.45, 7) is 3.71. The first-order chi connectivity index (χ1) is 17.0. The van der Waals surface area contributed by atoms with Gasteiger partial charge in [-0.2, -0.15) is 0 Å². The molecule has 2 unspecified atom stereocenters. The summed E-state index contributed by atoms with van der Waals surface area (Å²) < 4.78 is 48.5. The number of aliphatic hydroxyl groups excluding tert-OH is 2. The Hall–Kier alpha value is -3.49. The smallest absolute Gasteiger partial charge is 0.481 e. The molecule has 0 aliphatic heterocycles. The molecule has 0 saturated carbocycles. The highest BCUT2D eigenvalue weighted by Gasteiger charge is 2.22. The second kappa shape index (κ2) is 13.7. The quantitative estimate of drug-likeness (QED) is 0.324. The van der Waals surface area contributed by atoms with Gasteiger partial charge in [-0.05, 0) is 30.2 Å².